The molecule has 4 nitrogen and oxygen atoms in total. The largest absolute Gasteiger partial charge is 0.340 e. The van der Waals surface area contributed by atoms with Crippen LogP contribution in [-0.2, 0) is 20.0 Å². The Morgan fingerprint density at radius 2 is 1.85 bits per heavy atom. The van der Waals surface area contributed by atoms with Crippen molar-refractivity contribution in [2.45, 2.75) is 24.0 Å². The molecule has 1 heterocycles. The van der Waals surface area contributed by atoms with Crippen LogP contribution in [0.15, 0.2) is 30.3 Å². The van der Waals surface area contributed by atoms with Gasteiger partial charge in [0.15, 0.2) is 9.84 Å². The first kappa shape index (κ1) is 13.6. The summed E-state index contributed by atoms with van der Waals surface area (Å²) in [6.45, 7) is 2.83. The molecule has 1 saturated carbocycles. The normalized spacial score (nSPS) is 29.9. The van der Waals surface area contributed by atoms with Gasteiger partial charge in [0.25, 0.3) is 0 Å². The molecule has 3 rings (SSSR count). The topological polar surface area (TPSA) is 54.5 Å². The summed E-state index contributed by atoms with van der Waals surface area (Å²) in [6.07, 6.45) is 2.10. The molecule has 1 amide bonds. The summed E-state index contributed by atoms with van der Waals surface area (Å²) in [5.41, 5.74) is 1.12. The standard InChI is InChI=1S/C15H19NO3S/c1-15(11-6-4-3-5-7-11)8-13(15)14(17)16-9-12(10-16)20(2,18)19/h3-7,12-13H,8-10H2,1-2H3/t13-,15-/m1/s1. The number of rotatable bonds is 3. The zero-order valence-electron chi connectivity index (χ0n) is 11.7. The summed E-state index contributed by atoms with van der Waals surface area (Å²) >= 11 is 0. The lowest BCUT2D eigenvalue weighted by Crippen LogP contribution is -2.57. The van der Waals surface area contributed by atoms with E-state index in [1.165, 1.54) is 11.8 Å². The van der Waals surface area contributed by atoms with Gasteiger partial charge in [0.1, 0.15) is 0 Å². The highest BCUT2D eigenvalue weighted by Gasteiger charge is 2.57. The molecule has 0 bridgehead atoms. The van der Waals surface area contributed by atoms with Crippen molar-refractivity contribution < 1.29 is 13.2 Å². The maximum Gasteiger partial charge on any atom is 0.226 e. The van der Waals surface area contributed by atoms with Crippen molar-refractivity contribution in [1.29, 1.82) is 0 Å². The predicted molar refractivity (Wildman–Crippen MR) is 77.1 cm³/mol. The van der Waals surface area contributed by atoms with Crippen LogP contribution in [0.3, 0.4) is 0 Å². The molecular formula is C15H19NO3S. The number of likely N-dealkylation sites (tertiary alicyclic amines) is 1. The molecule has 1 aromatic rings. The van der Waals surface area contributed by atoms with E-state index in [0.29, 0.717) is 13.1 Å². The van der Waals surface area contributed by atoms with E-state index < -0.39 is 9.84 Å². The molecule has 1 aromatic carbocycles. The van der Waals surface area contributed by atoms with E-state index in [1.54, 1.807) is 4.90 Å². The molecule has 0 N–H and O–H groups in total. The zero-order valence-corrected chi connectivity index (χ0v) is 12.6. The van der Waals surface area contributed by atoms with Crippen molar-refractivity contribution in [2.75, 3.05) is 19.3 Å². The van der Waals surface area contributed by atoms with E-state index in [0.717, 1.165) is 6.42 Å². The van der Waals surface area contributed by atoms with E-state index in [4.69, 9.17) is 0 Å². The van der Waals surface area contributed by atoms with Crippen molar-refractivity contribution >= 4 is 15.7 Å². The van der Waals surface area contributed by atoms with Crippen LogP contribution in [0.1, 0.15) is 18.9 Å². The summed E-state index contributed by atoms with van der Waals surface area (Å²) in [6, 6.07) is 10.1. The molecule has 108 valence electrons. The molecular weight excluding hydrogens is 274 g/mol. The summed E-state index contributed by atoms with van der Waals surface area (Å²) in [5.74, 6) is 0.113. The van der Waals surface area contributed by atoms with Gasteiger partial charge in [0.05, 0.1) is 5.25 Å². The zero-order chi connectivity index (χ0) is 14.5. The highest BCUT2D eigenvalue weighted by molar-refractivity contribution is 7.91. The number of hydrogen-bond acceptors (Lipinski definition) is 3. The van der Waals surface area contributed by atoms with Crippen LogP contribution < -0.4 is 0 Å². The highest BCUT2D eigenvalue weighted by atomic mass is 32.2. The van der Waals surface area contributed by atoms with Crippen molar-refractivity contribution in [3.8, 4) is 0 Å². The van der Waals surface area contributed by atoms with E-state index in [-0.39, 0.29) is 22.5 Å². The number of hydrogen-bond donors (Lipinski definition) is 0. The second-order valence-corrected chi connectivity index (χ2v) is 8.56. The maximum atomic E-state index is 12.4. The third kappa shape index (κ3) is 2.14. The minimum absolute atomic E-state index is 0.00501. The minimum atomic E-state index is -3.01. The monoisotopic (exact) mass is 293 g/mol. The molecule has 0 unspecified atom stereocenters. The summed E-state index contributed by atoms with van der Waals surface area (Å²) < 4.78 is 22.8. The fraction of sp³-hybridized carbons (Fsp3) is 0.533. The summed E-state index contributed by atoms with van der Waals surface area (Å²) in [5, 5.41) is -0.367. The smallest absolute Gasteiger partial charge is 0.226 e. The third-order valence-electron chi connectivity index (χ3n) is 4.73. The minimum Gasteiger partial charge on any atom is -0.340 e. The van der Waals surface area contributed by atoms with Gasteiger partial charge < -0.3 is 4.90 Å². The Balaban J connectivity index is 1.65. The highest BCUT2D eigenvalue weighted by Crippen LogP contribution is 2.55. The average Bonchev–Trinajstić information content (AvgIpc) is 3.00. The van der Waals surface area contributed by atoms with Crippen LogP contribution in [0.5, 0.6) is 0 Å². The van der Waals surface area contributed by atoms with Gasteiger partial charge in [-0.25, -0.2) is 8.42 Å². The SMILES string of the molecule is C[C@]1(c2ccccc2)C[C@@H]1C(=O)N1CC(S(C)(=O)=O)C1. The van der Waals surface area contributed by atoms with Gasteiger partial charge in [-0.3, -0.25) is 4.79 Å². The van der Waals surface area contributed by atoms with Crippen LogP contribution in [0.25, 0.3) is 0 Å². The Kier molecular flexibility index (Phi) is 2.94. The molecule has 2 atom stereocenters. The van der Waals surface area contributed by atoms with Gasteiger partial charge in [0, 0.05) is 30.7 Å². The first-order chi connectivity index (χ1) is 9.32. The molecule has 1 aliphatic carbocycles. The van der Waals surface area contributed by atoms with Gasteiger partial charge in [0.2, 0.25) is 5.91 Å². The lowest BCUT2D eigenvalue weighted by molar-refractivity contribution is -0.136. The van der Waals surface area contributed by atoms with Gasteiger partial charge in [-0.15, -0.1) is 0 Å². The quantitative estimate of drug-likeness (QED) is 0.842. The molecule has 20 heavy (non-hydrogen) atoms. The number of sulfone groups is 1. The number of carbonyl (C=O) groups excluding carboxylic acids is 1. The third-order valence-corrected chi connectivity index (χ3v) is 6.24. The van der Waals surface area contributed by atoms with Crippen LogP contribution >= 0.6 is 0 Å². The number of carbonyl (C=O) groups is 1. The van der Waals surface area contributed by atoms with E-state index in [1.807, 2.05) is 18.2 Å². The lowest BCUT2D eigenvalue weighted by atomic mass is 9.95. The van der Waals surface area contributed by atoms with E-state index in [2.05, 4.69) is 19.1 Å². The maximum absolute atomic E-state index is 12.4. The molecule has 0 radical (unpaired) electrons. The van der Waals surface area contributed by atoms with Crippen LogP contribution in [0.2, 0.25) is 0 Å². The van der Waals surface area contributed by atoms with E-state index >= 15 is 0 Å². The molecule has 1 aliphatic heterocycles. The Hall–Kier alpha value is -1.36. The molecule has 2 fully saturated rings. The number of nitrogens with zero attached hydrogens (tertiary/aromatic N) is 1. The summed E-state index contributed by atoms with van der Waals surface area (Å²) in [4.78, 5) is 14.1. The van der Waals surface area contributed by atoms with Gasteiger partial charge in [-0.2, -0.15) is 0 Å². The summed E-state index contributed by atoms with van der Waals surface area (Å²) in [7, 11) is -3.01. The van der Waals surface area contributed by atoms with Gasteiger partial charge in [-0.1, -0.05) is 37.3 Å². The van der Waals surface area contributed by atoms with Crippen molar-refractivity contribution in [3.05, 3.63) is 35.9 Å². The lowest BCUT2D eigenvalue weighted by Gasteiger charge is -2.38. The Bertz CT molecular complexity index is 634. The van der Waals surface area contributed by atoms with Crippen LogP contribution in [-0.4, -0.2) is 43.8 Å². The first-order valence-corrected chi connectivity index (χ1v) is 8.81. The first-order valence-electron chi connectivity index (χ1n) is 6.85. The molecule has 5 heteroatoms. The number of amides is 1. The molecule has 1 saturated heterocycles. The van der Waals surface area contributed by atoms with Crippen molar-refractivity contribution in [1.82, 2.24) is 4.90 Å². The Morgan fingerprint density at radius 3 is 2.40 bits per heavy atom. The van der Waals surface area contributed by atoms with Crippen LogP contribution in [0, 0.1) is 5.92 Å². The second kappa shape index (κ2) is 4.32. The average molecular weight is 293 g/mol. The van der Waals surface area contributed by atoms with Gasteiger partial charge in [-0.05, 0) is 12.0 Å². The van der Waals surface area contributed by atoms with E-state index in [9.17, 15) is 13.2 Å². The Labute approximate surface area is 119 Å². The van der Waals surface area contributed by atoms with Crippen molar-refractivity contribution in [2.24, 2.45) is 5.92 Å². The fourth-order valence-electron chi connectivity index (χ4n) is 2.97. The van der Waals surface area contributed by atoms with Crippen molar-refractivity contribution in [3.63, 3.8) is 0 Å². The van der Waals surface area contributed by atoms with Crippen LogP contribution in [0.4, 0.5) is 0 Å². The molecule has 0 spiro atoms. The predicted octanol–water partition coefficient (Wildman–Crippen LogP) is 1.22. The molecule has 2 aliphatic rings. The van der Waals surface area contributed by atoms with Gasteiger partial charge >= 0.3 is 0 Å². The number of benzene rings is 1. The Morgan fingerprint density at radius 1 is 1.25 bits per heavy atom. The molecule has 0 aromatic heterocycles. The fourth-order valence-corrected chi connectivity index (χ4v) is 3.87. The second-order valence-electron chi connectivity index (χ2n) is 6.23.